The van der Waals surface area contributed by atoms with Crippen LogP contribution in [0.3, 0.4) is 0 Å². The predicted octanol–water partition coefficient (Wildman–Crippen LogP) is 1.06. The average Bonchev–Trinajstić information content (AvgIpc) is 2.78. The monoisotopic (exact) mass is 245 g/mol. The van der Waals surface area contributed by atoms with E-state index in [1.165, 1.54) is 12.8 Å². The lowest BCUT2D eigenvalue weighted by molar-refractivity contribution is -0.00540. The van der Waals surface area contributed by atoms with Gasteiger partial charge in [0.05, 0.1) is 24.9 Å². The summed E-state index contributed by atoms with van der Waals surface area (Å²) in [4.78, 5) is 0. The van der Waals surface area contributed by atoms with Crippen molar-refractivity contribution in [2.45, 2.75) is 63.8 Å². The highest BCUT2D eigenvalue weighted by atomic mass is 16.5. The Hall–Kier alpha value is -0.160. The van der Waals surface area contributed by atoms with Crippen LogP contribution >= 0.6 is 0 Å². The van der Waals surface area contributed by atoms with Gasteiger partial charge in [0.15, 0.2) is 0 Å². The molecule has 1 saturated carbocycles. The highest BCUT2D eigenvalue weighted by molar-refractivity contribution is 4.68. The molecule has 2 atom stereocenters. The molecule has 0 heterocycles. The molecule has 1 fully saturated rings. The zero-order chi connectivity index (χ0) is 12.5. The number of hydrogen-bond acceptors (Lipinski definition) is 4. The maximum atomic E-state index is 9.68. The molecule has 0 aliphatic heterocycles. The molecule has 2 unspecified atom stereocenters. The summed E-state index contributed by atoms with van der Waals surface area (Å²) >= 11 is 0. The third-order valence-electron chi connectivity index (χ3n) is 3.18. The molecule has 0 amide bonds. The SMILES string of the molecule is CC(O)CCCNCC(O)COC1CCCC1. The maximum Gasteiger partial charge on any atom is 0.0897 e. The summed E-state index contributed by atoms with van der Waals surface area (Å²) in [5.41, 5.74) is 0. The normalized spacial score (nSPS) is 20.6. The van der Waals surface area contributed by atoms with Crippen molar-refractivity contribution in [2.75, 3.05) is 19.7 Å². The Bertz CT molecular complexity index is 182. The van der Waals surface area contributed by atoms with E-state index in [1.807, 2.05) is 0 Å². The van der Waals surface area contributed by atoms with Crippen molar-refractivity contribution >= 4 is 0 Å². The molecule has 0 aromatic carbocycles. The van der Waals surface area contributed by atoms with Crippen molar-refractivity contribution in [3.8, 4) is 0 Å². The van der Waals surface area contributed by atoms with Crippen LogP contribution in [0.1, 0.15) is 45.4 Å². The lowest BCUT2D eigenvalue weighted by Gasteiger charge is -2.16. The van der Waals surface area contributed by atoms with Crippen LogP contribution < -0.4 is 5.32 Å². The number of ether oxygens (including phenoxy) is 1. The third kappa shape index (κ3) is 7.71. The van der Waals surface area contributed by atoms with Gasteiger partial charge in [-0.15, -0.1) is 0 Å². The summed E-state index contributed by atoms with van der Waals surface area (Å²) in [7, 11) is 0. The summed E-state index contributed by atoms with van der Waals surface area (Å²) in [6, 6.07) is 0. The van der Waals surface area contributed by atoms with Crippen molar-refractivity contribution in [1.82, 2.24) is 5.32 Å². The predicted molar refractivity (Wildman–Crippen MR) is 68.0 cm³/mol. The summed E-state index contributed by atoms with van der Waals surface area (Å²) in [6.45, 7) is 3.65. The Kier molecular flexibility index (Phi) is 7.77. The third-order valence-corrected chi connectivity index (χ3v) is 3.18. The number of rotatable bonds is 9. The number of aliphatic hydroxyl groups is 2. The lowest BCUT2D eigenvalue weighted by atomic mass is 10.2. The summed E-state index contributed by atoms with van der Waals surface area (Å²) in [5.74, 6) is 0. The summed E-state index contributed by atoms with van der Waals surface area (Å²) < 4.78 is 5.63. The molecule has 102 valence electrons. The molecule has 17 heavy (non-hydrogen) atoms. The topological polar surface area (TPSA) is 61.7 Å². The van der Waals surface area contributed by atoms with Crippen LogP contribution in [0.4, 0.5) is 0 Å². The van der Waals surface area contributed by atoms with Gasteiger partial charge < -0.3 is 20.3 Å². The van der Waals surface area contributed by atoms with Gasteiger partial charge in [-0.3, -0.25) is 0 Å². The van der Waals surface area contributed by atoms with E-state index in [4.69, 9.17) is 9.84 Å². The Morgan fingerprint density at radius 3 is 2.65 bits per heavy atom. The van der Waals surface area contributed by atoms with Gasteiger partial charge in [-0.2, -0.15) is 0 Å². The molecule has 0 radical (unpaired) electrons. The highest BCUT2D eigenvalue weighted by Crippen LogP contribution is 2.20. The van der Waals surface area contributed by atoms with Gasteiger partial charge in [0.1, 0.15) is 0 Å². The standard InChI is InChI=1S/C13H27NO3/c1-11(15)5-4-8-14-9-12(16)10-17-13-6-2-3-7-13/h11-16H,2-10H2,1H3. The Balaban J connectivity index is 1.88. The van der Waals surface area contributed by atoms with Gasteiger partial charge in [-0.1, -0.05) is 12.8 Å². The van der Waals surface area contributed by atoms with Crippen LogP contribution in [0, 0.1) is 0 Å². The van der Waals surface area contributed by atoms with E-state index in [0.717, 1.165) is 32.2 Å². The van der Waals surface area contributed by atoms with E-state index in [2.05, 4.69) is 5.32 Å². The van der Waals surface area contributed by atoms with Crippen molar-refractivity contribution in [1.29, 1.82) is 0 Å². The number of nitrogens with one attached hydrogen (secondary N) is 1. The van der Waals surface area contributed by atoms with E-state index in [0.29, 0.717) is 19.3 Å². The minimum atomic E-state index is -0.415. The zero-order valence-corrected chi connectivity index (χ0v) is 10.9. The molecule has 3 N–H and O–H groups in total. The van der Waals surface area contributed by atoms with Crippen LogP contribution in [0.5, 0.6) is 0 Å². The van der Waals surface area contributed by atoms with E-state index in [1.54, 1.807) is 6.92 Å². The summed E-state index contributed by atoms with van der Waals surface area (Å²) in [5, 5.41) is 21.9. The second-order valence-corrected chi connectivity index (χ2v) is 5.09. The van der Waals surface area contributed by atoms with Crippen LogP contribution in [0.2, 0.25) is 0 Å². The van der Waals surface area contributed by atoms with Crippen LogP contribution in [-0.2, 0) is 4.74 Å². The highest BCUT2D eigenvalue weighted by Gasteiger charge is 2.16. The molecule has 0 spiro atoms. The smallest absolute Gasteiger partial charge is 0.0897 e. The molecule has 1 aliphatic rings. The molecule has 1 aliphatic carbocycles. The van der Waals surface area contributed by atoms with E-state index < -0.39 is 6.10 Å². The summed E-state index contributed by atoms with van der Waals surface area (Å²) in [6.07, 6.45) is 6.30. The largest absolute Gasteiger partial charge is 0.393 e. The van der Waals surface area contributed by atoms with Gasteiger partial charge in [-0.05, 0) is 39.2 Å². The maximum absolute atomic E-state index is 9.68. The number of hydrogen-bond donors (Lipinski definition) is 3. The molecule has 0 aromatic heterocycles. The van der Waals surface area contributed by atoms with Crippen molar-refractivity contribution in [3.63, 3.8) is 0 Å². The van der Waals surface area contributed by atoms with Gasteiger partial charge in [0.2, 0.25) is 0 Å². The molecule has 0 bridgehead atoms. The first kappa shape index (κ1) is 14.9. The van der Waals surface area contributed by atoms with Gasteiger partial charge in [0.25, 0.3) is 0 Å². The lowest BCUT2D eigenvalue weighted by Crippen LogP contribution is -2.32. The Morgan fingerprint density at radius 2 is 2.00 bits per heavy atom. The van der Waals surface area contributed by atoms with Crippen molar-refractivity contribution < 1.29 is 14.9 Å². The number of aliphatic hydroxyl groups excluding tert-OH is 2. The second kappa shape index (κ2) is 8.86. The minimum Gasteiger partial charge on any atom is -0.393 e. The fraction of sp³-hybridized carbons (Fsp3) is 1.00. The first-order chi connectivity index (χ1) is 8.18. The minimum absolute atomic E-state index is 0.229. The molecule has 0 saturated heterocycles. The van der Waals surface area contributed by atoms with Crippen molar-refractivity contribution in [3.05, 3.63) is 0 Å². The van der Waals surface area contributed by atoms with E-state index >= 15 is 0 Å². The quantitative estimate of drug-likeness (QED) is 0.532. The van der Waals surface area contributed by atoms with E-state index in [9.17, 15) is 5.11 Å². The van der Waals surface area contributed by atoms with Gasteiger partial charge >= 0.3 is 0 Å². The first-order valence-corrected chi connectivity index (χ1v) is 6.87. The van der Waals surface area contributed by atoms with Crippen LogP contribution in [0.25, 0.3) is 0 Å². The molecule has 4 nitrogen and oxygen atoms in total. The van der Waals surface area contributed by atoms with Gasteiger partial charge in [0, 0.05) is 6.54 Å². The van der Waals surface area contributed by atoms with Crippen LogP contribution in [-0.4, -0.2) is 48.2 Å². The molecular formula is C13H27NO3. The average molecular weight is 245 g/mol. The van der Waals surface area contributed by atoms with Crippen LogP contribution in [0.15, 0.2) is 0 Å². The van der Waals surface area contributed by atoms with E-state index in [-0.39, 0.29) is 6.10 Å². The molecule has 0 aromatic rings. The van der Waals surface area contributed by atoms with Gasteiger partial charge in [-0.25, -0.2) is 0 Å². The molecule has 4 heteroatoms. The Morgan fingerprint density at radius 1 is 1.29 bits per heavy atom. The molecular weight excluding hydrogens is 218 g/mol. The zero-order valence-electron chi connectivity index (χ0n) is 10.9. The molecule has 1 rings (SSSR count). The second-order valence-electron chi connectivity index (χ2n) is 5.09. The Labute approximate surface area is 104 Å². The van der Waals surface area contributed by atoms with Crippen molar-refractivity contribution in [2.24, 2.45) is 0 Å². The fourth-order valence-electron chi connectivity index (χ4n) is 2.15. The first-order valence-electron chi connectivity index (χ1n) is 6.87. The fourth-order valence-corrected chi connectivity index (χ4v) is 2.15.